The molecule has 4 nitrogen and oxygen atoms in total. The van der Waals surface area contributed by atoms with E-state index in [1.165, 1.54) is 17.7 Å². The van der Waals surface area contributed by atoms with Crippen LogP contribution in [0.4, 0.5) is 0 Å². The molecule has 0 unspecified atom stereocenters. The Morgan fingerprint density at radius 2 is 1.95 bits per heavy atom. The van der Waals surface area contributed by atoms with Crippen LogP contribution in [0.2, 0.25) is 0 Å². The van der Waals surface area contributed by atoms with Gasteiger partial charge in [0, 0.05) is 6.07 Å². The minimum absolute atomic E-state index is 0.0645. The average molecular weight is 282 g/mol. The molecule has 0 aromatic heterocycles. The predicted octanol–water partition coefficient (Wildman–Crippen LogP) is 2.96. The molecule has 21 heavy (non-hydrogen) atoms. The van der Waals surface area contributed by atoms with Crippen molar-refractivity contribution in [1.82, 2.24) is 4.98 Å². The summed E-state index contributed by atoms with van der Waals surface area (Å²) in [5.74, 6) is 0.537. The normalized spacial score (nSPS) is 11.3. The maximum Gasteiger partial charge on any atom is 0.182 e. The second kappa shape index (κ2) is 6.06. The van der Waals surface area contributed by atoms with Gasteiger partial charge in [0.2, 0.25) is 0 Å². The van der Waals surface area contributed by atoms with Crippen LogP contribution in [0.5, 0.6) is 0 Å². The van der Waals surface area contributed by atoms with Gasteiger partial charge in [-0.2, -0.15) is 0 Å². The van der Waals surface area contributed by atoms with E-state index in [4.69, 9.17) is 10.2 Å². The number of fused-ring (bicyclic) bond motifs is 2. The lowest BCUT2D eigenvalue weighted by atomic mass is 10.1. The second-order valence-corrected chi connectivity index (χ2v) is 5.24. The molecule has 0 saturated carbocycles. The Hall–Kier alpha value is -2.20. The zero-order valence-corrected chi connectivity index (χ0v) is 11.8. The summed E-state index contributed by atoms with van der Waals surface area (Å²) in [6, 6.07) is 10.8. The van der Waals surface area contributed by atoms with Gasteiger partial charge in [-0.1, -0.05) is 12.5 Å². The van der Waals surface area contributed by atoms with Crippen LogP contribution in [0.1, 0.15) is 24.8 Å². The molecular weight excluding hydrogens is 264 g/mol. The first kappa shape index (κ1) is 13.8. The van der Waals surface area contributed by atoms with E-state index in [1.54, 1.807) is 6.07 Å². The fraction of sp³-hybridized carbons (Fsp3) is 0.294. The van der Waals surface area contributed by atoms with Gasteiger partial charge in [0.25, 0.3) is 0 Å². The van der Waals surface area contributed by atoms with Crippen molar-refractivity contribution in [2.45, 2.75) is 25.7 Å². The molecule has 0 atom stereocenters. The number of hydrogen-bond donors (Lipinski definition) is 1. The zero-order chi connectivity index (χ0) is 14.7. The SMILES string of the molecule is NCCCCCc1ccc2nc3ccc(=O)cc-3oc2c1. The maximum absolute atomic E-state index is 11.4. The fourth-order valence-corrected chi connectivity index (χ4v) is 2.46. The smallest absolute Gasteiger partial charge is 0.182 e. The van der Waals surface area contributed by atoms with Crippen molar-refractivity contribution in [1.29, 1.82) is 0 Å². The Kier molecular flexibility index (Phi) is 3.97. The molecule has 1 aliphatic carbocycles. The Bertz CT molecular complexity index is 779. The molecule has 1 heterocycles. The van der Waals surface area contributed by atoms with Crippen LogP contribution < -0.4 is 11.2 Å². The summed E-state index contributed by atoms with van der Waals surface area (Å²) in [4.78, 5) is 15.9. The minimum atomic E-state index is -0.0645. The first-order valence-corrected chi connectivity index (χ1v) is 7.30. The Morgan fingerprint density at radius 3 is 2.81 bits per heavy atom. The molecule has 2 N–H and O–H groups in total. The van der Waals surface area contributed by atoms with Gasteiger partial charge >= 0.3 is 0 Å². The van der Waals surface area contributed by atoms with E-state index in [0.29, 0.717) is 11.5 Å². The topological polar surface area (TPSA) is 69.1 Å². The molecule has 0 bridgehead atoms. The van der Waals surface area contributed by atoms with E-state index >= 15 is 0 Å². The number of benzene rings is 2. The van der Waals surface area contributed by atoms with Crippen LogP contribution in [-0.4, -0.2) is 11.5 Å². The molecule has 2 aliphatic rings. The summed E-state index contributed by atoms with van der Waals surface area (Å²) >= 11 is 0. The molecule has 1 aliphatic heterocycles. The zero-order valence-electron chi connectivity index (χ0n) is 11.8. The molecule has 108 valence electrons. The van der Waals surface area contributed by atoms with Crippen LogP contribution in [0.3, 0.4) is 0 Å². The van der Waals surface area contributed by atoms with Gasteiger partial charge in [-0.05, 0) is 55.6 Å². The van der Waals surface area contributed by atoms with Gasteiger partial charge in [0.1, 0.15) is 11.2 Å². The third-order valence-electron chi connectivity index (χ3n) is 3.59. The highest BCUT2D eigenvalue weighted by Crippen LogP contribution is 2.24. The van der Waals surface area contributed by atoms with Crippen LogP contribution >= 0.6 is 0 Å². The number of aromatic nitrogens is 1. The molecule has 0 saturated heterocycles. The van der Waals surface area contributed by atoms with E-state index in [-0.39, 0.29) is 5.43 Å². The van der Waals surface area contributed by atoms with Gasteiger partial charge in [-0.3, -0.25) is 4.79 Å². The molecule has 0 fully saturated rings. The summed E-state index contributed by atoms with van der Waals surface area (Å²) in [7, 11) is 0. The van der Waals surface area contributed by atoms with Gasteiger partial charge in [0.05, 0.1) is 0 Å². The van der Waals surface area contributed by atoms with Crippen LogP contribution in [0.25, 0.3) is 22.6 Å². The molecule has 4 heteroatoms. The first-order chi connectivity index (χ1) is 10.3. The molecule has 3 rings (SSSR count). The Morgan fingerprint density at radius 1 is 1.05 bits per heavy atom. The van der Waals surface area contributed by atoms with Crippen molar-refractivity contribution in [2.75, 3.05) is 6.54 Å². The van der Waals surface area contributed by atoms with Crippen molar-refractivity contribution < 1.29 is 4.42 Å². The highest BCUT2D eigenvalue weighted by molar-refractivity contribution is 5.76. The Balaban J connectivity index is 1.91. The number of rotatable bonds is 5. The average Bonchev–Trinajstić information content (AvgIpc) is 2.49. The van der Waals surface area contributed by atoms with E-state index in [1.807, 2.05) is 12.1 Å². The monoisotopic (exact) mass is 282 g/mol. The van der Waals surface area contributed by atoms with Crippen LogP contribution in [0, 0.1) is 0 Å². The van der Waals surface area contributed by atoms with Gasteiger partial charge in [-0.25, -0.2) is 4.98 Å². The number of unbranched alkanes of at least 4 members (excludes halogenated alkanes) is 2. The summed E-state index contributed by atoms with van der Waals surface area (Å²) in [5, 5.41) is 0. The van der Waals surface area contributed by atoms with E-state index in [0.717, 1.165) is 43.3 Å². The van der Waals surface area contributed by atoms with Crippen molar-refractivity contribution >= 4 is 11.1 Å². The lowest BCUT2D eigenvalue weighted by Gasteiger charge is -2.07. The quantitative estimate of drug-likeness (QED) is 0.577. The van der Waals surface area contributed by atoms with Gasteiger partial charge in [-0.15, -0.1) is 0 Å². The van der Waals surface area contributed by atoms with E-state index in [2.05, 4.69) is 11.1 Å². The van der Waals surface area contributed by atoms with E-state index < -0.39 is 0 Å². The lowest BCUT2D eigenvalue weighted by molar-refractivity contribution is 0.611. The Labute approximate surface area is 122 Å². The number of hydrogen-bond acceptors (Lipinski definition) is 4. The molecule has 0 radical (unpaired) electrons. The number of nitrogens with zero attached hydrogens (tertiary/aromatic N) is 1. The first-order valence-electron chi connectivity index (χ1n) is 7.30. The molecular formula is C17H18N2O2. The van der Waals surface area contributed by atoms with E-state index in [9.17, 15) is 4.79 Å². The summed E-state index contributed by atoms with van der Waals surface area (Å²) in [6.07, 6.45) is 4.33. The largest absolute Gasteiger partial charge is 0.453 e. The predicted molar refractivity (Wildman–Crippen MR) is 83.5 cm³/mol. The fourth-order valence-electron chi connectivity index (χ4n) is 2.46. The number of nitrogens with two attached hydrogens (primary N) is 1. The van der Waals surface area contributed by atoms with Crippen molar-refractivity contribution in [3.8, 4) is 11.5 Å². The standard InChI is InChI=1S/C17H18N2O2/c18-9-3-1-2-4-12-5-7-14-16(10-12)21-17-11-13(20)6-8-15(17)19-14/h5-8,10-11H,1-4,9,18H2. The van der Waals surface area contributed by atoms with Crippen molar-refractivity contribution in [2.24, 2.45) is 5.73 Å². The van der Waals surface area contributed by atoms with Crippen LogP contribution in [0.15, 0.2) is 45.6 Å². The summed E-state index contributed by atoms with van der Waals surface area (Å²) < 4.78 is 5.81. The summed E-state index contributed by atoms with van der Waals surface area (Å²) in [5.41, 5.74) is 8.90. The second-order valence-electron chi connectivity index (χ2n) is 5.24. The molecule has 1 aromatic rings. The van der Waals surface area contributed by atoms with Gasteiger partial charge in [0.15, 0.2) is 16.8 Å². The molecule has 0 spiro atoms. The molecule has 0 amide bonds. The number of aryl methyl sites for hydroxylation is 1. The third-order valence-corrected chi connectivity index (χ3v) is 3.59. The lowest BCUT2D eigenvalue weighted by Crippen LogP contribution is -1.99. The summed E-state index contributed by atoms with van der Waals surface area (Å²) in [6.45, 7) is 0.750. The highest BCUT2D eigenvalue weighted by atomic mass is 16.3. The van der Waals surface area contributed by atoms with Crippen molar-refractivity contribution in [3.05, 3.63) is 52.2 Å². The van der Waals surface area contributed by atoms with Crippen molar-refractivity contribution in [3.63, 3.8) is 0 Å². The third kappa shape index (κ3) is 3.11. The molecule has 1 aromatic carbocycles. The highest BCUT2D eigenvalue weighted by Gasteiger charge is 2.09. The maximum atomic E-state index is 11.4. The van der Waals surface area contributed by atoms with Crippen LogP contribution in [-0.2, 0) is 6.42 Å². The minimum Gasteiger partial charge on any atom is -0.453 e. The van der Waals surface area contributed by atoms with Gasteiger partial charge < -0.3 is 10.2 Å².